The summed E-state index contributed by atoms with van der Waals surface area (Å²) in [5.41, 5.74) is 1.88. The second-order valence-corrected chi connectivity index (χ2v) is 2.37. The maximum atomic E-state index is 11.0. The molecule has 0 atom stereocenters. The van der Waals surface area contributed by atoms with Gasteiger partial charge in [-0.05, 0) is 18.9 Å². The van der Waals surface area contributed by atoms with Gasteiger partial charge in [0.15, 0.2) is 0 Å². The predicted molar refractivity (Wildman–Crippen MR) is 40.5 cm³/mol. The third kappa shape index (κ3) is 1.10. The molecule has 1 aliphatic heterocycles. The molecule has 0 aliphatic carbocycles. The molecule has 10 heavy (non-hydrogen) atoms. The summed E-state index contributed by atoms with van der Waals surface area (Å²) in [5.74, 6) is 0.0670. The fourth-order valence-electron chi connectivity index (χ4n) is 1.02. The SMILES string of the molecule is C=CC(C)=C1CCNC1=O. The minimum atomic E-state index is 0.0670. The van der Waals surface area contributed by atoms with Crippen molar-refractivity contribution in [3.8, 4) is 0 Å². The first kappa shape index (κ1) is 7.06. The van der Waals surface area contributed by atoms with Crippen molar-refractivity contribution in [1.82, 2.24) is 5.32 Å². The Bertz CT molecular complexity index is 203. The highest BCUT2D eigenvalue weighted by atomic mass is 16.1. The third-order valence-corrected chi connectivity index (χ3v) is 1.72. The van der Waals surface area contributed by atoms with E-state index in [1.807, 2.05) is 6.92 Å². The summed E-state index contributed by atoms with van der Waals surface area (Å²) in [5, 5.41) is 2.74. The molecule has 1 N–H and O–H groups in total. The average Bonchev–Trinajstić information content (AvgIpc) is 2.34. The van der Waals surface area contributed by atoms with E-state index in [-0.39, 0.29) is 5.91 Å². The lowest BCUT2D eigenvalue weighted by Gasteiger charge is -1.94. The number of hydrogen-bond acceptors (Lipinski definition) is 1. The fourth-order valence-corrected chi connectivity index (χ4v) is 1.02. The molecule has 0 bridgehead atoms. The second-order valence-electron chi connectivity index (χ2n) is 2.37. The van der Waals surface area contributed by atoms with Crippen LogP contribution in [0, 0.1) is 0 Å². The van der Waals surface area contributed by atoms with Gasteiger partial charge in [-0.15, -0.1) is 0 Å². The summed E-state index contributed by atoms with van der Waals surface area (Å²) >= 11 is 0. The Labute approximate surface area is 60.6 Å². The van der Waals surface area contributed by atoms with Gasteiger partial charge >= 0.3 is 0 Å². The Hall–Kier alpha value is -1.05. The Morgan fingerprint density at radius 1 is 1.80 bits per heavy atom. The largest absolute Gasteiger partial charge is 0.352 e. The maximum Gasteiger partial charge on any atom is 0.247 e. The van der Waals surface area contributed by atoms with Crippen molar-refractivity contribution in [3.05, 3.63) is 23.8 Å². The Morgan fingerprint density at radius 3 is 2.90 bits per heavy atom. The zero-order valence-electron chi connectivity index (χ0n) is 6.11. The molecule has 1 fully saturated rings. The van der Waals surface area contributed by atoms with Crippen LogP contribution in [-0.4, -0.2) is 12.5 Å². The molecule has 0 aromatic carbocycles. The number of carbonyl (C=O) groups is 1. The molecule has 2 heteroatoms. The van der Waals surface area contributed by atoms with Crippen LogP contribution in [0.2, 0.25) is 0 Å². The van der Waals surface area contributed by atoms with E-state index in [1.54, 1.807) is 6.08 Å². The van der Waals surface area contributed by atoms with Crippen LogP contribution >= 0.6 is 0 Å². The molecule has 2 nitrogen and oxygen atoms in total. The molecule has 0 saturated carbocycles. The molecule has 1 saturated heterocycles. The number of allylic oxidation sites excluding steroid dienone is 2. The standard InChI is InChI=1S/C8H11NO/c1-3-6(2)7-4-5-9-8(7)10/h3H,1,4-5H2,2H3,(H,9,10). The smallest absolute Gasteiger partial charge is 0.247 e. The lowest BCUT2D eigenvalue weighted by atomic mass is 10.1. The van der Waals surface area contributed by atoms with Gasteiger partial charge in [-0.3, -0.25) is 4.79 Å². The first-order valence-corrected chi connectivity index (χ1v) is 3.36. The minimum absolute atomic E-state index is 0.0670. The van der Waals surface area contributed by atoms with Crippen LogP contribution < -0.4 is 5.32 Å². The molecule has 1 amide bonds. The van der Waals surface area contributed by atoms with Crippen LogP contribution in [0.5, 0.6) is 0 Å². The summed E-state index contributed by atoms with van der Waals surface area (Å²) in [4.78, 5) is 11.0. The lowest BCUT2D eigenvalue weighted by Crippen LogP contribution is -2.14. The highest BCUT2D eigenvalue weighted by molar-refractivity contribution is 5.96. The van der Waals surface area contributed by atoms with Gasteiger partial charge in [-0.25, -0.2) is 0 Å². The first-order chi connectivity index (χ1) is 4.75. The Kier molecular flexibility index (Phi) is 1.90. The zero-order valence-corrected chi connectivity index (χ0v) is 6.11. The summed E-state index contributed by atoms with van der Waals surface area (Å²) in [6, 6.07) is 0. The van der Waals surface area contributed by atoms with Gasteiger partial charge in [0.1, 0.15) is 0 Å². The predicted octanol–water partition coefficient (Wildman–Crippen LogP) is 1.01. The highest BCUT2D eigenvalue weighted by Gasteiger charge is 2.16. The van der Waals surface area contributed by atoms with Crippen molar-refractivity contribution >= 4 is 5.91 Å². The second kappa shape index (κ2) is 2.69. The van der Waals surface area contributed by atoms with Gasteiger partial charge in [0, 0.05) is 12.1 Å². The molecule has 54 valence electrons. The van der Waals surface area contributed by atoms with E-state index >= 15 is 0 Å². The fraction of sp³-hybridized carbons (Fsp3) is 0.375. The average molecular weight is 137 g/mol. The minimum Gasteiger partial charge on any atom is -0.352 e. The molecule has 1 rings (SSSR count). The third-order valence-electron chi connectivity index (χ3n) is 1.72. The van der Waals surface area contributed by atoms with Gasteiger partial charge in [0.05, 0.1) is 0 Å². The van der Waals surface area contributed by atoms with Gasteiger partial charge in [-0.1, -0.05) is 12.7 Å². The van der Waals surface area contributed by atoms with Crippen molar-refractivity contribution in [2.75, 3.05) is 6.54 Å². The van der Waals surface area contributed by atoms with Crippen molar-refractivity contribution in [3.63, 3.8) is 0 Å². The van der Waals surface area contributed by atoms with Crippen molar-refractivity contribution in [2.24, 2.45) is 0 Å². The summed E-state index contributed by atoms with van der Waals surface area (Å²) in [6.07, 6.45) is 2.57. The van der Waals surface area contributed by atoms with E-state index in [4.69, 9.17) is 0 Å². The van der Waals surface area contributed by atoms with Crippen LogP contribution in [0.3, 0.4) is 0 Å². The molecule has 1 aliphatic rings. The van der Waals surface area contributed by atoms with Crippen LogP contribution in [0.25, 0.3) is 0 Å². The van der Waals surface area contributed by atoms with Crippen LogP contribution in [-0.2, 0) is 4.79 Å². The van der Waals surface area contributed by atoms with E-state index in [0.29, 0.717) is 0 Å². The number of hydrogen-bond donors (Lipinski definition) is 1. The number of carbonyl (C=O) groups excluding carboxylic acids is 1. The molecule has 0 unspecified atom stereocenters. The molecule has 0 aromatic rings. The molecule has 1 heterocycles. The highest BCUT2D eigenvalue weighted by Crippen LogP contribution is 2.13. The quantitative estimate of drug-likeness (QED) is 0.537. The van der Waals surface area contributed by atoms with E-state index < -0.39 is 0 Å². The van der Waals surface area contributed by atoms with Gasteiger partial charge in [0.25, 0.3) is 0 Å². The van der Waals surface area contributed by atoms with Crippen molar-refractivity contribution in [1.29, 1.82) is 0 Å². The summed E-state index contributed by atoms with van der Waals surface area (Å²) in [6.45, 7) is 6.29. The van der Waals surface area contributed by atoms with Crippen LogP contribution in [0.1, 0.15) is 13.3 Å². The number of amides is 1. The Balaban J connectivity index is 2.89. The summed E-state index contributed by atoms with van der Waals surface area (Å²) < 4.78 is 0. The maximum absolute atomic E-state index is 11.0. The molecule has 0 aromatic heterocycles. The molecule has 0 radical (unpaired) electrons. The number of nitrogens with one attached hydrogen (secondary N) is 1. The van der Waals surface area contributed by atoms with E-state index in [1.165, 1.54) is 0 Å². The number of rotatable bonds is 1. The first-order valence-electron chi connectivity index (χ1n) is 3.36. The lowest BCUT2D eigenvalue weighted by molar-refractivity contribution is -0.116. The van der Waals surface area contributed by atoms with Crippen molar-refractivity contribution < 1.29 is 4.79 Å². The topological polar surface area (TPSA) is 29.1 Å². The zero-order chi connectivity index (χ0) is 7.56. The van der Waals surface area contributed by atoms with Gasteiger partial charge in [0.2, 0.25) is 5.91 Å². The Morgan fingerprint density at radius 2 is 2.50 bits per heavy atom. The van der Waals surface area contributed by atoms with Crippen LogP contribution in [0.4, 0.5) is 0 Å². The summed E-state index contributed by atoms with van der Waals surface area (Å²) in [7, 11) is 0. The van der Waals surface area contributed by atoms with Gasteiger partial charge < -0.3 is 5.32 Å². The molecular weight excluding hydrogens is 126 g/mol. The normalized spacial score (nSPS) is 22.3. The van der Waals surface area contributed by atoms with Gasteiger partial charge in [-0.2, -0.15) is 0 Å². The van der Waals surface area contributed by atoms with E-state index in [9.17, 15) is 4.79 Å². The molecule has 0 spiro atoms. The van der Waals surface area contributed by atoms with Crippen molar-refractivity contribution in [2.45, 2.75) is 13.3 Å². The van der Waals surface area contributed by atoms with E-state index in [0.717, 1.165) is 24.1 Å². The monoisotopic (exact) mass is 137 g/mol. The molecular formula is C8H11NO. The van der Waals surface area contributed by atoms with E-state index in [2.05, 4.69) is 11.9 Å². The van der Waals surface area contributed by atoms with Crippen LogP contribution in [0.15, 0.2) is 23.8 Å².